The first-order valence-electron chi connectivity index (χ1n) is 6.77. The molecule has 1 heterocycles. The second-order valence-corrected chi connectivity index (χ2v) is 5.43. The molecule has 4 nitrogen and oxygen atoms in total. The average molecular weight is 236 g/mol. The smallest absolute Gasteiger partial charge is 0.0830 e. The van der Waals surface area contributed by atoms with Gasteiger partial charge in [-0.3, -0.25) is 4.68 Å². The topological polar surface area (TPSA) is 42.7 Å². The molecule has 1 aromatic rings. The van der Waals surface area contributed by atoms with Gasteiger partial charge in [-0.05, 0) is 44.1 Å². The van der Waals surface area contributed by atoms with Crippen molar-refractivity contribution in [1.82, 2.24) is 20.3 Å². The van der Waals surface area contributed by atoms with Crippen molar-refractivity contribution in [2.45, 2.75) is 45.6 Å². The van der Waals surface area contributed by atoms with Crippen molar-refractivity contribution in [2.75, 3.05) is 6.54 Å². The summed E-state index contributed by atoms with van der Waals surface area (Å²) < 4.78 is 1.80. The van der Waals surface area contributed by atoms with Crippen molar-refractivity contribution < 1.29 is 0 Å². The van der Waals surface area contributed by atoms with Gasteiger partial charge in [0, 0.05) is 19.3 Å². The van der Waals surface area contributed by atoms with Crippen LogP contribution in [-0.4, -0.2) is 27.6 Å². The normalized spacial score (nSPS) is 29.5. The number of hydrogen-bond acceptors (Lipinski definition) is 3. The van der Waals surface area contributed by atoms with Crippen molar-refractivity contribution in [3.8, 4) is 0 Å². The maximum absolute atomic E-state index is 4.21. The van der Waals surface area contributed by atoms with Gasteiger partial charge in [-0.2, -0.15) is 0 Å². The minimum atomic E-state index is 0.665. The van der Waals surface area contributed by atoms with Crippen LogP contribution < -0.4 is 5.32 Å². The van der Waals surface area contributed by atoms with Gasteiger partial charge in [0.25, 0.3) is 0 Å². The predicted octanol–water partition coefficient (Wildman–Crippen LogP) is 1.77. The maximum Gasteiger partial charge on any atom is 0.0830 e. The van der Waals surface area contributed by atoms with E-state index in [0.29, 0.717) is 6.04 Å². The van der Waals surface area contributed by atoms with E-state index >= 15 is 0 Å². The van der Waals surface area contributed by atoms with Gasteiger partial charge in [-0.15, -0.1) is 5.10 Å². The minimum Gasteiger partial charge on any atom is -0.314 e. The molecule has 1 N–H and O–H groups in total. The van der Waals surface area contributed by atoms with Crippen LogP contribution in [0.1, 0.15) is 38.8 Å². The van der Waals surface area contributed by atoms with Crippen molar-refractivity contribution in [2.24, 2.45) is 18.9 Å². The van der Waals surface area contributed by atoms with Crippen LogP contribution in [-0.2, 0) is 13.5 Å². The number of aryl methyl sites for hydroxylation is 1. The van der Waals surface area contributed by atoms with Gasteiger partial charge in [0.15, 0.2) is 0 Å². The molecule has 0 bridgehead atoms. The van der Waals surface area contributed by atoms with E-state index in [1.54, 1.807) is 4.68 Å². The maximum atomic E-state index is 4.21. The predicted molar refractivity (Wildman–Crippen MR) is 68.7 cm³/mol. The van der Waals surface area contributed by atoms with Gasteiger partial charge in [-0.25, -0.2) is 0 Å². The summed E-state index contributed by atoms with van der Waals surface area (Å²) in [6, 6.07) is 0.665. The van der Waals surface area contributed by atoms with Crippen molar-refractivity contribution in [3.05, 3.63) is 11.9 Å². The Morgan fingerprint density at radius 3 is 2.94 bits per heavy atom. The summed E-state index contributed by atoms with van der Waals surface area (Å²) in [5.41, 5.74) is 1.13. The van der Waals surface area contributed by atoms with Crippen LogP contribution >= 0.6 is 0 Å². The Kier molecular flexibility index (Phi) is 4.15. The van der Waals surface area contributed by atoms with Gasteiger partial charge >= 0.3 is 0 Å². The van der Waals surface area contributed by atoms with Crippen LogP contribution in [0.4, 0.5) is 0 Å². The third-order valence-electron chi connectivity index (χ3n) is 3.83. The molecule has 96 valence electrons. The molecule has 0 amide bonds. The van der Waals surface area contributed by atoms with Crippen LogP contribution in [0.5, 0.6) is 0 Å². The highest BCUT2D eigenvalue weighted by molar-refractivity contribution is 4.97. The van der Waals surface area contributed by atoms with Crippen LogP contribution in [0.15, 0.2) is 6.20 Å². The van der Waals surface area contributed by atoms with Crippen molar-refractivity contribution in [3.63, 3.8) is 0 Å². The van der Waals surface area contributed by atoms with E-state index in [1.807, 2.05) is 13.2 Å². The fraction of sp³-hybridized carbons (Fsp3) is 0.846. The zero-order chi connectivity index (χ0) is 12.3. The molecule has 1 aliphatic carbocycles. The third-order valence-corrected chi connectivity index (χ3v) is 3.83. The Morgan fingerprint density at radius 1 is 1.47 bits per heavy atom. The lowest BCUT2D eigenvalue weighted by Gasteiger charge is -2.35. The molecule has 2 rings (SSSR count). The summed E-state index contributed by atoms with van der Waals surface area (Å²) in [5, 5.41) is 11.9. The molecule has 4 heteroatoms. The average Bonchev–Trinajstić information content (AvgIpc) is 2.68. The Labute approximate surface area is 104 Å². The molecular weight excluding hydrogens is 212 g/mol. The molecule has 1 aliphatic rings. The zero-order valence-corrected chi connectivity index (χ0v) is 11.2. The van der Waals surface area contributed by atoms with Gasteiger partial charge in [0.05, 0.1) is 5.69 Å². The monoisotopic (exact) mass is 236 g/mol. The number of rotatable bonds is 4. The summed E-state index contributed by atoms with van der Waals surface area (Å²) in [4.78, 5) is 0. The number of aromatic nitrogens is 3. The molecule has 17 heavy (non-hydrogen) atoms. The standard InChI is InChI=1S/C13H24N4/c1-4-14-13-6-5-10(2)7-11(13)8-12-9-17(3)16-15-12/h9-11,13-14H,4-8H2,1-3H3. The Balaban J connectivity index is 1.99. The van der Waals surface area contributed by atoms with E-state index in [9.17, 15) is 0 Å². The van der Waals surface area contributed by atoms with Crippen LogP contribution in [0, 0.1) is 11.8 Å². The largest absolute Gasteiger partial charge is 0.314 e. The van der Waals surface area contributed by atoms with E-state index in [0.717, 1.165) is 30.5 Å². The second kappa shape index (κ2) is 5.63. The third kappa shape index (κ3) is 3.28. The molecule has 1 fully saturated rings. The van der Waals surface area contributed by atoms with E-state index < -0.39 is 0 Å². The van der Waals surface area contributed by atoms with Gasteiger partial charge in [0.2, 0.25) is 0 Å². The molecule has 0 aromatic carbocycles. The van der Waals surface area contributed by atoms with Crippen molar-refractivity contribution >= 4 is 0 Å². The molecule has 1 saturated carbocycles. The summed E-state index contributed by atoms with van der Waals surface area (Å²) >= 11 is 0. The fourth-order valence-electron chi connectivity index (χ4n) is 3.01. The molecule has 0 spiro atoms. The number of nitrogens with zero attached hydrogens (tertiary/aromatic N) is 3. The van der Waals surface area contributed by atoms with Gasteiger partial charge < -0.3 is 5.32 Å². The van der Waals surface area contributed by atoms with Crippen LogP contribution in [0.25, 0.3) is 0 Å². The Bertz CT molecular complexity index is 347. The fourth-order valence-corrected chi connectivity index (χ4v) is 3.01. The second-order valence-electron chi connectivity index (χ2n) is 5.43. The highest BCUT2D eigenvalue weighted by atomic mass is 15.4. The summed E-state index contributed by atoms with van der Waals surface area (Å²) in [7, 11) is 1.93. The first-order valence-corrected chi connectivity index (χ1v) is 6.77. The molecule has 0 radical (unpaired) electrons. The lowest BCUT2D eigenvalue weighted by molar-refractivity contribution is 0.213. The summed E-state index contributed by atoms with van der Waals surface area (Å²) in [6.07, 6.45) is 7.08. The lowest BCUT2D eigenvalue weighted by atomic mass is 9.77. The SMILES string of the molecule is CCNC1CCC(C)CC1Cc1cn(C)nn1. The number of hydrogen-bond donors (Lipinski definition) is 1. The van der Waals surface area contributed by atoms with Crippen LogP contribution in [0.3, 0.4) is 0 Å². The number of nitrogens with one attached hydrogen (secondary N) is 1. The van der Waals surface area contributed by atoms with E-state index in [4.69, 9.17) is 0 Å². The minimum absolute atomic E-state index is 0.665. The van der Waals surface area contributed by atoms with Crippen LogP contribution in [0.2, 0.25) is 0 Å². The zero-order valence-electron chi connectivity index (χ0n) is 11.2. The molecule has 3 unspecified atom stereocenters. The van der Waals surface area contributed by atoms with E-state index in [1.165, 1.54) is 19.3 Å². The molecule has 0 saturated heterocycles. The lowest BCUT2D eigenvalue weighted by Crippen LogP contribution is -2.41. The highest BCUT2D eigenvalue weighted by Crippen LogP contribution is 2.31. The molecule has 3 atom stereocenters. The molecular formula is C13H24N4. The van der Waals surface area contributed by atoms with Crippen molar-refractivity contribution in [1.29, 1.82) is 0 Å². The van der Waals surface area contributed by atoms with Gasteiger partial charge in [0.1, 0.15) is 0 Å². The summed E-state index contributed by atoms with van der Waals surface area (Å²) in [6.45, 7) is 5.62. The van der Waals surface area contributed by atoms with E-state index in [-0.39, 0.29) is 0 Å². The first-order chi connectivity index (χ1) is 8.19. The van der Waals surface area contributed by atoms with Gasteiger partial charge in [-0.1, -0.05) is 19.1 Å². The quantitative estimate of drug-likeness (QED) is 0.866. The summed E-state index contributed by atoms with van der Waals surface area (Å²) in [5.74, 6) is 1.57. The highest BCUT2D eigenvalue weighted by Gasteiger charge is 2.28. The Hall–Kier alpha value is -0.900. The first kappa shape index (κ1) is 12.6. The Morgan fingerprint density at radius 2 is 2.29 bits per heavy atom. The molecule has 0 aliphatic heterocycles. The van der Waals surface area contributed by atoms with E-state index in [2.05, 4.69) is 29.5 Å². The molecule has 1 aromatic heterocycles.